The van der Waals surface area contributed by atoms with Gasteiger partial charge in [-0.05, 0) is 50.1 Å². The Bertz CT molecular complexity index is 941. The number of aromatic nitrogens is 1. The van der Waals surface area contributed by atoms with Gasteiger partial charge in [-0.25, -0.2) is 4.98 Å². The smallest absolute Gasteiger partial charge is 0.226 e. The molecule has 1 fully saturated rings. The Hall–Kier alpha value is -1.98. The standard InChI is InChI=1S/C26H34N3OS.2H2/c1-18-5-7-21(8-6-18)23-17-31-25(27-23)28-24(30)15-19-11-13-29(14-12-19)16-22(20-9-10-20)26(2,3)4;;/h5-10,17,19,22H,11-16H2,1-4H3,(H,27,28,30);2*1H. The van der Waals surface area contributed by atoms with Crippen molar-refractivity contribution >= 4 is 22.4 Å². The second kappa shape index (κ2) is 9.25. The topological polar surface area (TPSA) is 45.2 Å². The van der Waals surface area contributed by atoms with Gasteiger partial charge in [-0.3, -0.25) is 4.79 Å². The molecule has 1 aromatic heterocycles. The van der Waals surface area contributed by atoms with Gasteiger partial charge in [0.15, 0.2) is 5.13 Å². The molecule has 169 valence electrons. The van der Waals surface area contributed by atoms with E-state index in [1.807, 2.05) is 5.38 Å². The molecule has 1 N–H and O–H groups in total. The predicted molar refractivity (Wildman–Crippen MR) is 134 cm³/mol. The molecule has 1 atom stereocenters. The van der Waals surface area contributed by atoms with Gasteiger partial charge >= 0.3 is 0 Å². The van der Waals surface area contributed by atoms with Crippen LogP contribution in [-0.2, 0) is 4.79 Å². The third kappa shape index (κ3) is 6.05. The zero-order chi connectivity index (χ0) is 22.0. The number of hydrogen-bond donors (Lipinski definition) is 1. The van der Waals surface area contributed by atoms with Crippen molar-refractivity contribution in [3.63, 3.8) is 0 Å². The van der Waals surface area contributed by atoms with Crippen LogP contribution in [0.1, 0.15) is 48.5 Å². The lowest BCUT2D eigenvalue weighted by molar-refractivity contribution is -0.117. The van der Waals surface area contributed by atoms with Crippen LogP contribution in [0.2, 0.25) is 0 Å². The van der Waals surface area contributed by atoms with Crippen LogP contribution >= 0.6 is 11.3 Å². The molecule has 31 heavy (non-hydrogen) atoms. The van der Waals surface area contributed by atoms with Crippen molar-refractivity contribution in [2.24, 2.45) is 17.3 Å². The number of aryl methyl sites for hydroxylation is 1. The first kappa shape index (κ1) is 22.2. The Labute approximate surface area is 193 Å². The molecule has 2 aliphatic rings. The van der Waals surface area contributed by atoms with Crippen LogP contribution in [0, 0.1) is 30.6 Å². The van der Waals surface area contributed by atoms with Crippen LogP contribution in [0.3, 0.4) is 0 Å². The number of piperidine rings is 1. The van der Waals surface area contributed by atoms with Gasteiger partial charge in [0.2, 0.25) is 5.91 Å². The lowest BCUT2D eigenvalue weighted by Crippen LogP contribution is -2.40. The maximum absolute atomic E-state index is 12.6. The fourth-order valence-electron chi connectivity index (χ4n) is 4.41. The molecule has 0 bridgehead atoms. The Balaban J connectivity index is 0.00000193. The normalized spacial score (nSPS) is 18.5. The number of carbonyl (C=O) groups is 1. The highest BCUT2D eigenvalue weighted by atomic mass is 32.1. The monoisotopic (exact) mass is 440 g/mol. The minimum atomic E-state index is 0. The Morgan fingerprint density at radius 3 is 2.55 bits per heavy atom. The van der Waals surface area contributed by atoms with Crippen molar-refractivity contribution in [1.29, 1.82) is 0 Å². The molecule has 1 saturated heterocycles. The van der Waals surface area contributed by atoms with Crippen LogP contribution in [-0.4, -0.2) is 35.4 Å². The highest BCUT2D eigenvalue weighted by molar-refractivity contribution is 7.14. The van der Waals surface area contributed by atoms with E-state index in [0.29, 0.717) is 28.8 Å². The van der Waals surface area contributed by atoms with E-state index in [-0.39, 0.29) is 8.76 Å². The van der Waals surface area contributed by atoms with E-state index in [0.717, 1.165) is 43.7 Å². The van der Waals surface area contributed by atoms with Crippen LogP contribution in [0.15, 0.2) is 41.3 Å². The number of anilines is 1. The van der Waals surface area contributed by atoms with Crippen molar-refractivity contribution in [2.45, 2.75) is 47.0 Å². The maximum Gasteiger partial charge on any atom is 0.226 e. The van der Waals surface area contributed by atoms with Crippen molar-refractivity contribution in [1.82, 2.24) is 9.88 Å². The van der Waals surface area contributed by atoms with Gasteiger partial charge in [0.05, 0.1) is 5.69 Å². The minimum absolute atomic E-state index is 0. The summed E-state index contributed by atoms with van der Waals surface area (Å²) in [4.78, 5) is 19.8. The van der Waals surface area contributed by atoms with Gasteiger partial charge in [-0.1, -0.05) is 62.2 Å². The number of benzene rings is 1. The third-order valence-electron chi connectivity index (χ3n) is 6.53. The summed E-state index contributed by atoms with van der Waals surface area (Å²) in [7, 11) is 0. The van der Waals surface area contributed by atoms with E-state index in [4.69, 9.17) is 0 Å². The summed E-state index contributed by atoms with van der Waals surface area (Å²) in [5.41, 5.74) is 5.05. The summed E-state index contributed by atoms with van der Waals surface area (Å²) in [5, 5.41) is 5.73. The van der Waals surface area contributed by atoms with E-state index in [1.54, 1.807) is 0 Å². The average molecular weight is 441 g/mol. The first-order valence-corrected chi connectivity index (χ1v) is 12.3. The van der Waals surface area contributed by atoms with Gasteiger partial charge in [0.1, 0.15) is 0 Å². The number of likely N-dealkylation sites (tertiary alicyclic amines) is 1. The lowest BCUT2D eigenvalue weighted by Gasteiger charge is -2.38. The van der Waals surface area contributed by atoms with Crippen molar-refractivity contribution in [3.05, 3.63) is 53.3 Å². The number of nitrogens with one attached hydrogen (secondary N) is 1. The maximum atomic E-state index is 12.6. The average Bonchev–Trinajstić information content (AvgIpc) is 3.45. The van der Waals surface area contributed by atoms with E-state index in [1.165, 1.54) is 22.5 Å². The zero-order valence-corrected chi connectivity index (χ0v) is 20.0. The number of allylic oxidation sites excluding steroid dienone is 1. The Kier molecular flexibility index (Phi) is 6.63. The highest BCUT2D eigenvalue weighted by Gasteiger charge is 2.34. The van der Waals surface area contributed by atoms with E-state index >= 15 is 0 Å². The zero-order valence-electron chi connectivity index (χ0n) is 19.1. The number of rotatable bonds is 7. The predicted octanol–water partition coefficient (Wildman–Crippen LogP) is 6.46. The van der Waals surface area contributed by atoms with E-state index < -0.39 is 0 Å². The first-order chi connectivity index (χ1) is 14.8. The summed E-state index contributed by atoms with van der Waals surface area (Å²) in [6, 6.07) is 8.32. The third-order valence-corrected chi connectivity index (χ3v) is 7.28. The molecule has 1 aliphatic heterocycles. The molecule has 5 heteroatoms. The Morgan fingerprint density at radius 1 is 1.26 bits per heavy atom. The Morgan fingerprint density at radius 2 is 1.94 bits per heavy atom. The number of hydrogen-bond acceptors (Lipinski definition) is 4. The second-order valence-corrected chi connectivity index (χ2v) is 11.0. The number of carbonyl (C=O) groups excluding carboxylic acids is 1. The second-order valence-electron chi connectivity index (χ2n) is 10.2. The van der Waals surface area contributed by atoms with Crippen molar-refractivity contribution < 1.29 is 7.65 Å². The molecule has 1 radical (unpaired) electrons. The molecule has 2 aromatic rings. The summed E-state index contributed by atoms with van der Waals surface area (Å²) >= 11 is 1.50. The summed E-state index contributed by atoms with van der Waals surface area (Å²) < 4.78 is 0. The molecule has 1 unspecified atom stereocenters. The van der Waals surface area contributed by atoms with E-state index in [9.17, 15) is 4.79 Å². The van der Waals surface area contributed by atoms with Crippen LogP contribution in [0.25, 0.3) is 11.3 Å². The largest absolute Gasteiger partial charge is 0.303 e. The lowest BCUT2D eigenvalue weighted by atomic mass is 9.78. The van der Waals surface area contributed by atoms with Crippen LogP contribution in [0.4, 0.5) is 5.13 Å². The molecule has 4 nitrogen and oxygen atoms in total. The number of amides is 1. The highest BCUT2D eigenvalue weighted by Crippen LogP contribution is 2.40. The molecule has 0 spiro atoms. The van der Waals surface area contributed by atoms with Crippen molar-refractivity contribution in [3.8, 4) is 11.3 Å². The molecular formula is C26H38N3OS. The van der Waals surface area contributed by atoms with Crippen molar-refractivity contribution in [2.75, 3.05) is 25.0 Å². The van der Waals surface area contributed by atoms with Crippen LogP contribution < -0.4 is 5.32 Å². The quantitative estimate of drug-likeness (QED) is 0.537. The first-order valence-electron chi connectivity index (χ1n) is 11.4. The van der Waals surface area contributed by atoms with Gasteiger partial charge in [-0.15, -0.1) is 11.3 Å². The number of thiazole rings is 1. The van der Waals surface area contributed by atoms with Crippen LogP contribution in [0.5, 0.6) is 0 Å². The summed E-state index contributed by atoms with van der Waals surface area (Å²) in [6.07, 6.45) is 7.31. The summed E-state index contributed by atoms with van der Waals surface area (Å²) in [6.45, 7) is 12.4. The van der Waals surface area contributed by atoms with Gasteiger partial charge in [0, 0.05) is 33.2 Å². The SMILES string of the molecule is Cc1ccc(-c2csc(NC(=O)CC3CCN(CC(C4=C[CH]4)C(C)(C)C)CC3)n2)cc1.[HH].[HH]. The van der Waals surface area contributed by atoms with Gasteiger partial charge in [0.25, 0.3) is 0 Å². The van der Waals surface area contributed by atoms with E-state index in [2.05, 4.69) is 79.7 Å². The molecule has 1 aliphatic carbocycles. The molecule has 4 rings (SSSR count). The molecular weight excluding hydrogens is 402 g/mol. The van der Waals surface area contributed by atoms with Gasteiger partial charge in [-0.2, -0.15) is 0 Å². The summed E-state index contributed by atoms with van der Waals surface area (Å²) in [5.74, 6) is 1.17. The fourth-order valence-corrected chi connectivity index (χ4v) is 5.15. The molecule has 2 heterocycles. The minimum Gasteiger partial charge on any atom is -0.303 e. The molecule has 0 saturated carbocycles. The molecule has 1 amide bonds. The molecule has 1 aromatic carbocycles. The van der Waals surface area contributed by atoms with Gasteiger partial charge < -0.3 is 10.2 Å². The number of nitrogens with zero attached hydrogens (tertiary/aromatic N) is 2. The fraction of sp³-hybridized carbons (Fsp3) is 0.500.